The lowest BCUT2D eigenvalue weighted by molar-refractivity contribution is 0.247. The molecule has 1 saturated heterocycles. The first kappa shape index (κ1) is 17.2. The molecule has 132 valence electrons. The molecule has 3 rings (SSSR count). The second kappa shape index (κ2) is 7.48. The van der Waals surface area contributed by atoms with Gasteiger partial charge in [-0.25, -0.2) is 13.6 Å². The zero-order valence-corrected chi connectivity index (χ0v) is 13.5. The van der Waals surface area contributed by atoms with Crippen molar-refractivity contribution in [1.29, 1.82) is 0 Å². The van der Waals surface area contributed by atoms with E-state index >= 15 is 0 Å². The maximum Gasteiger partial charge on any atom is 0.319 e. The Morgan fingerprint density at radius 2 is 1.96 bits per heavy atom. The van der Waals surface area contributed by atoms with Crippen LogP contribution in [-0.2, 0) is 6.54 Å². The Hall–Kier alpha value is -2.67. The number of nitrogens with one attached hydrogen (secondary N) is 2. The highest BCUT2D eigenvalue weighted by Crippen LogP contribution is 2.19. The second-order valence-corrected chi connectivity index (χ2v) is 6.11. The Kier molecular flexibility index (Phi) is 5.14. The van der Waals surface area contributed by atoms with E-state index < -0.39 is 5.82 Å². The van der Waals surface area contributed by atoms with Crippen LogP contribution in [0.3, 0.4) is 0 Å². The summed E-state index contributed by atoms with van der Waals surface area (Å²) >= 11 is 0. The van der Waals surface area contributed by atoms with E-state index in [1.165, 1.54) is 36.4 Å². The maximum atomic E-state index is 13.4. The first-order chi connectivity index (χ1) is 12.0. The number of nitrogens with zero attached hydrogens (tertiary/aromatic N) is 1. The molecular formula is C18H19F2N3O2. The van der Waals surface area contributed by atoms with Crippen LogP contribution in [0.15, 0.2) is 42.5 Å². The minimum absolute atomic E-state index is 0.0117. The molecule has 0 aromatic heterocycles. The summed E-state index contributed by atoms with van der Waals surface area (Å²) < 4.78 is 26.2. The summed E-state index contributed by atoms with van der Waals surface area (Å²) in [5, 5.41) is 14.8. The highest BCUT2D eigenvalue weighted by Gasteiger charge is 2.24. The van der Waals surface area contributed by atoms with E-state index in [1.807, 2.05) is 0 Å². The number of halogens is 2. The summed E-state index contributed by atoms with van der Waals surface area (Å²) in [6.45, 7) is 1.98. The van der Waals surface area contributed by atoms with Crippen LogP contribution in [0.25, 0.3) is 0 Å². The number of phenolic OH excluding ortho intramolecular Hbond substituents is 1. The highest BCUT2D eigenvalue weighted by atomic mass is 19.1. The first-order valence-corrected chi connectivity index (χ1v) is 8.02. The molecule has 7 heteroatoms. The van der Waals surface area contributed by atoms with Gasteiger partial charge in [0.15, 0.2) is 11.6 Å². The van der Waals surface area contributed by atoms with Gasteiger partial charge in [0, 0.05) is 31.4 Å². The number of likely N-dealkylation sites (tertiary alicyclic amines) is 1. The molecule has 1 aliphatic rings. The van der Waals surface area contributed by atoms with Gasteiger partial charge in [-0.3, -0.25) is 4.90 Å². The molecule has 0 aliphatic carbocycles. The van der Waals surface area contributed by atoms with Crippen molar-refractivity contribution in [1.82, 2.24) is 10.2 Å². The molecule has 0 spiro atoms. The quantitative estimate of drug-likeness (QED) is 0.796. The van der Waals surface area contributed by atoms with E-state index in [9.17, 15) is 18.7 Å². The van der Waals surface area contributed by atoms with Gasteiger partial charge in [-0.05, 0) is 48.4 Å². The van der Waals surface area contributed by atoms with Crippen molar-refractivity contribution in [2.75, 3.05) is 18.4 Å². The average molecular weight is 347 g/mol. The van der Waals surface area contributed by atoms with Gasteiger partial charge in [0.2, 0.25) is 0 Å². The maximum absolute atomic E-state index is 13.4. The lowest BCUT2D eigenvalue weighted by Gasteiger charge is -2.17. The smallest absolute Gasteiger partial charge is 0.319 e. The summed E-state index contributed by atoms with van der Waals surface area (Å²) in [4.78, 5) is 14.1. The number of hydrogen-bond donors (Lipinski definition) is 3. The topological polar surface area (TPSA) is 64.6 Å². The zero-order chi connectivity index (χ0) is 17.8. The monoisotopic (exact) mass is 347 g/mol. The molecular weight excluding hydrogens is 328 g/mol. The number of urea groups is 1. The molecule has 2 aromatic rings. The van der Waals surface area contributed by atoms with Gasteiger partial charge in [0.05, 0.1) is 0 Å². The van der Waals surface area contributed by atoms with Crippen LogP contribution in [0.5, 0.6) is 5.75 Å². The van der Waals surface area contributed by atoms with Gasteiger partial charge in [-0.15, -0.1) is 0 Å². The molecule has 0 saturated carbocycles. The van der Waals surface area contributed by atoms with Crippen molar-refractivity contribution < 1.29 is 18.7 Å². The molecule has 1 atom stereocenters. The molecule has 1 heterocycles. The van der Waals surface area contributed by atoms with Gasteiger partial charge >= 0.3 is 6.03 Å². The van der Waals surface area contributed by atoms with Gasteiger partial charge in [-0.2, -0.15) is 0 Å². The lowest BCUT2D eigenvalue weighted by Crippen LogP contribution is -2.39. The summed E-state index contributed by atoms with van der Waals surface area (Å²) in [7, 11) is 0. The van der Waals surface area contributed by atoms with Gasteiger partial charge in [0.1, 0.15) is 5.82 Å². The van der Waals surface area contributed by atoms with Gasteiger partial charge in [0.25, 0.3) is 0 Å². The number of amides is 2. The van der Waals surface area contributed by atoms with Crippen LogP contribution in [-0.4, -0.2) is 35.2 Å². The number of aromatic hydroxyl groups is 1. The summed E-state index contributed by atoms with van der Waals surface area (Å²) in [6.07, 6.45) is 0.789. The summed E-state index contributed by atoms with van der Waals surface area (Å²) in [5.74, 6) is -1.35. The Labute approximate surface area is 144 Å². The van der Waals surface area contributed by atoms with E-state index in [4.69, 9.17) is 0 Å². The Morgan fingerprint density at radius 3 is 2.68 bits per heavy atom. The molecule has 2 amide bonds. The largest absolute Gasteiger partial charge is 0.505 e. The van der Waals surface area contributed by atoms with Crippen molar-refractivity contribution in [3.8, 4) is 5.75 Å². The lowest BCUT2D eigenvalue weighted by atomic mass is 10.2. The van der Waals surface area contributed by atoms with E-state index in [0.29, 0.717) is 18.8 Å². The number of hydrogen-bond acceptors (Lipinski definition) is 3. The van der Waals surface area contributed by atoms with Gasteiger partial charge in [-0.1, -0.05) is 6.07 Å². The van der Waals surface area contributed by atoms with Crippen LogP contribution in [0.1, 0.15) is 12.0 Å². The number of carbonyl (C=O) groups excluding carboxylic acids is 1. The minimum atomic E-state index is -0.634. The molecule has 1 unspecified atom stereocenters. The van der Waals surface area contributed by atoms with E-state index in [-0.39, 0.29) is 23.6 Å². The van der Waals surface area contributed by atoms with Gasteiger partial charge < -0.3 is 15.7 Å². The number of benzene rings is 2. The number of anilines is 1. The third kappa shape index (κ3) is 4.67. The predicted octanol–water partition coefficient (Wildman–Crippen LogP) is 3.07. The fraction of sp³-hybridized carbons (Fsp3) is 0.278. The summed E-state index contributed by atoms with van der Waals surface area (Å²) in [5.41, 5.74) is 1.29. The second-order valence-electron chi connectivity index (χ2n) is 6.11. The Balaban J connectivity index is 1.48. The third-order valence-electron chi connectivity index (χ3n) is 4.13. The molecule has 1 aliphatic heterocycles. The van der Waals surface area contributed by atoms with E-state index in [0.717, 1.165) is 18.5 Å². The van der Waals surface area contributed by atoms with Crippen molar-refractivity contribution in [3.63, 3.8) is 0 Å². The summed E-state index contributed by atoms with van der Waals surface area (Å²) in [6, 6.07) is 9.54. The van der Waals surface area contributed by atoms with Crippen molar-refractivity contribution in [2.24, 2.45) is 0 Å². The Bertz CT molecular complexity index is 752. The minimum Gasteiger partial charge on any atom is -0.505 e. The fourth-order valence-corrected chi connectivity index (χ4v) is 2.89. The number of carbonyl (C=O) groups is 1. The van der Waals surface area contributed by atoms with Crippen LogP contribution in [0, 0.1) is 11.6 Å². The number of phenols is 1. The predicted molar refractivity (Wildman–Crippen MR) is 90.3 cm³/mol. The molecule has 2 aromatic carbocycles. The van der Waals surface area contributed by atoms with Crippen LogP contribution >= 0.6 is 0 Å². The normalized spacial score (nSPS) is 17.4. The third-order valence-corrected chi connectivity index (χ3v) is 4.13. The highest BCUT2D eigenvalue weighted by molar-refractivity contribution is 5.89. The van der Waals surface area contributed by atoms with Crippen LogP contribution in [0.4, 0.5) is 19.3 Å². The average Bonchev–Trinajstić information content (AvgIpc) is 3.00. The molecule has 1 fully saturated rings. The van der Waals surface area contributed by atoms with Crippen molar-refractivity contribution in [2.45, 2.75) is 19.0 Å². The molecule has 25 heavy (non-hydrogen) atoms. The molecule has 3 N–H and O–H groups in total. The molecule has 0 radical (unpaired) electrons. The van der Waals surface area contributed by atoms with E-state index in [1.54, 1.807) is 6.07 Å². The standard InChI is InChI=1S/C18H19F2N3O2/c19-13-2-4-14(5-3-13)21-18(25)22-15-7-8-23(11-15)10-12-1-6-17(24)16(20)9-12/h1-6,9,15,24H,7-8,10-11H2,(H2,21,22,25). The Morgan fingerprint density at radius 1 is 1.20 bits per heavy atom. The zero-order valence-electron chi connectivity index (χ0n) is 13.5. The first-order valence-electron chi connectivity index (χ1n) is 8.02. The fourth-order valence-electron chi connectivity index (χ4n) is 2.89. The number of rotatable bonds is 4. The van der Waals surface area contributed by atoms with Crippen molar-refractivity contribution >= 4 is 11.7 Å². The van der Waals surface area contributed by atoms with Crippen molar-refractivity contribution in [3.05, 3.63) is 59.7 Å². The molecule has 5 nitrogen and oxygen atoms in total. The van der Waals surface area contributed by atoms with E-state index in [2.05, 4.69) is 15.5 Å². The SMILES string of the molecule is O=C(Nc1ccc(F)cc1)NC1CCN(Cc2ccc(O)c(F)c2)C1. The van der Waals surface area contributed by atoms with Crippen LogP contribution < -0.4 is 10.6 Å². The molecule has 0 bridgehead atoms. The van der Waals surface area contributed by atoms with Crippen LogP contribution in [0.2, 0.25) is 0 Å².